The standard InChI is InChI=1S/C32H37ClO10/c1-7-22-8-10-23(11-9-22)14-25-15-24(12-13-27(25)33)28-29(40-18(3)35)26(16-39-17(2)34)30(41-19(4)36)32(43-21(6)38)31(28)42-20(5)37/h8-13,15,26,28-32H,7,14,16H2,1-6H3/t26?,28-,29+,30-,31+,32+/m1/s1. The average molecular weight is 617 g/mol. The van der Waals surface area contributed by atoms with Gasteiger partial charge < -0.3 is 23.7 Å². The summed E-state index contributed by atoms with van der Waals surface area (Å²) in [6.45, 7) is 7.62. The summed E-state index contributed by atoms with van der Waals surface area (Å²) in [6.07, 6.45) is -3.66. The number of ether oxygens (including phenoxy) is 5. The van der Waals surface area contributed by atoms with E-state index in [-0.39, 0.29) is 6.61 Å². The molecule has 0 bridgehead atoms. The molecule has 3 rings (SSSR count). The topological polar surface area (TPSA) is 132 Å². The first kappa shape index (κ1) is 33.6. The third-order valence-corrected chi connectivity index (χ3v) is 7.54. The minimum absolute atomic E-state index is 0.351. The second kappa shape index (κ2) is 15.0. The van der Waals surface area contributed by atoms with E-state index in [2.05, 4.69) is 6.92 Å². The van der Waals surface area contributed by atoms with E-state index in [0.29, 0.717) is 17.0 Å². The molecular weight excluding hydrogens is 580 g/mol. The van der Waals surface area contributed by atoms with Crippen LogP contribution >= 0.6 is 11.6 Å². The van der Waals surface area contributed by atoms with Gasteiger partial charge in [0, 0.05) is 39.6 Å². The Morgan fingerprint density at radius 3 is 1.70 bits per heavy atom. The van der Waals surface area contributed by atoms with E-state index in [9.17, 15) is 24.0 Å². The zero-order chi connectivity index (χ0) is 31.8. The highest BCUT2D eigenvalue weighted by molar-refractivity contribution is 6.31. The van der Waals surface area contributed by atoms with Crippen LogP contribution in [0.1, 0.15) is 69.7 Å². The molecule has 10 nitrogen and oxygen atoms in total. The molecule has 6 atom stereocenters. The molecule has 1 fully saturated rings. The molecule has 1 saturated carbocycles. The molecule has 43 heavy (non-hydrogen) atoms. The molecule has 0 spiro atoms. The average Bonchev–Trinajstić information content (AvgIpc) is 2.91. The van der Waals surface area contributed by atoms with E-state index in [0.717, 1.165) is 31.4 Å². The number of carbonyl (C=O) groups excluding carboxylic acids is 5. The number of esters is 5. The highest BCUT2D eigenvalue weighted by Crippen LogP contribution is 2.44. The van der Waals surface area contributed by atoms with Crippen LogP contribution in [0, 0.1) is 5.92 Å². The Kier molecular flexibility index (Phi) is 11.7. The summed E-state index contributed by atoms with van der Waals surface area (Å²) >= 11 is 6.62. The number of hydrogen-bond acceptors (Lipinski definition) is 10. The highest BCUT2D eigenvalue weighted by Gasteiger charge is 2.58. The lowest BCUT2D eigenvalue weighted by Crippen LogP contribution is -2.62. The van der Waals surface area contributed by atoms with Gasteiger partial charge >= 0.3 is 29.8 Å². The molecule has 0 radical (unpaired) electrons. The Hall–Kier alpha value is -3.92. The molecule has 0 aromatic heterocycles. The third kappa shape index (κ3) is 9.03. The van der Waals surface area contributed by atoms with Gasteiger partial charge in [0.15, 0.2) is 18.3 Å². The quantitative estimate of drug-likeness (QED) is 0.278. The van der Waals surface area contributed by atoms with Crippen molar-refractivity contribution in [3.05, 3.63) is 69.7 Å². The van der Waals surface area contributed by atoms with E-state index in [4.69, 9.17) is 35.3 Å². The Morgan fingerprint density at radius 1 is 0.651 bits per heavy atom. The Labute approximate surface area is 255 Å². The largest absolute Gasteiger partial charge is 0.465 e. The van der Waals surface area contributed by atoms with Crippen LogP contribution in [0.3, 0.4) is 0 Å². The molecular formula is C32H37ClO10. The third-order valence-electron chi connectivity index (χ3n) is 7.17. The lowest BCUT2D eigenvalue weighted by atomic mass is 9.70. The SMILES string of the molecule is CCc1ccc(Cc2cc([C@H]3[C@H](OC(C)=O)[C@@H](OC(C)=O)[C@H](OC(C)=O)C(COC(C)=O)[C@@H]3OC(C)=O)ccc2Cl)cc1. The van der Waals surface area contributed by atoms with Crippen LogP contribution in [0.25, 0.3) is 0 Å². The van der Waals surface area contributed by atoms with E-state index < -0.39 is 66.1 Å². The maximum absolute atomic E-state index is 12.5. The summed E-state index contributed by atoms with van der Waals surface area (Å²) in [5.41, 5.74) is 3.49. The number of benzene rings is 2. The smallest absolute Gasteiger partial charge is 0.303 e. The fourth-order valence-electron chi connectivity index (χ4n) is 5.46. The number of aryl methyl sites for hydroxylation is 1. The minimum Gasteiger partial charge on any atom is -0.465 e. The second-order valence-electron chi connectivity index (χ2n) is 10.5. The van der Waals surface area contributed by atoms with E-state index in [1.165, 1.54) is 26.3 Å². The second-order valence-corrected chi connectivity index (χ2v) is 10.9. The monoisotopic (exact) mass is 616 g/mol. The molecule has 0 heterocycles. The van der Waals surface area contributed by atoms with Crippen LogP contribution in [0.5, 0.6) is 0 Å². The van der Waals surface area contributed by atoms with Crippen LogP contribution in [-0.2, 0) is 60.5 Å². The van der Waals surface area contributed by atoms with Crippen molar-refractivity contribution in [2.45, 2.75) is 84.7 Å². The molecule has 2 aromatic rings. The van der Waals surface area contributed by atoms with Gasteiger partial charge in [-0.1, -0.05) is 54.9 Å². The van der Waals surface area contributed by atoms with E-state index in [1.807, 2.05) is 30.3 Å². The molecule has 1 aliphatic carbocycles. The fourth-order valence-corrected chi connectivity index (χ4v) is 5.65. The number of halogens is 1. The molecule has 232 valence electrons. The molecule has 0 amide bonds. The van der Waals surface area contributed by atoms with Crippen molar-refractivity contribution in [3.63, 3.8) is 0 Å². The van der Waals surface area contributed by atoms with Gasteiger partial charge in [-0.3, -0.25) is 24.0 Å². The first-order chi connectivity index (χ1) is 20.3. The van der Waals surface area contributed by atoms with E-state index >= 15 is 0 Å². The fraction of sp³-hybridized carbons (Fsp3) is 0.469. The zero-order valence-corrected chi connectivity index (χ0v) is 25.8. The van der Waals surface area contributed by atoms with Gasteiger partial charge in [0.05, 0.1) is 11.8 Å². The molecule has 11 heteroatoms. The summed E-state index contributed by atoms with van der Waals surface area (Å²) < 4.78 is 28.1. The lowest BCUT2D eigenvalue weighted by molar-refractivity contribution is -0.222. The van der Waals surface area contributed by atoms with Crippen molar-refractivity contribution in [1.82, 2.24) is 0 Å². The van der Waals surface area contributed by atoms with Crippen molar-refractivity contribution in [1.29, 1.82) is 0 Å². The van der Waals surface area contributed by atoms with Crippen LogP contribution in [-0.4, -0.2) is 60.9 Å². The van der Waals surface area contributed by atoms with Crippen molar-refractivity contribution in [2.75, 3.05) is 6.61 Å². The van der Waals surface area contributed by atoms with Gasteiger partial charge in [-0.25, -0.2) is 0 Å². The maximum Gasteiger partial charge on any atom is 0.303 e. The molecule has 0 saturated heterocycles. The van der Waals surface area contributed by atoms with Gasteiger partial charge in [0.1, 0.15) is 12.7 Å². The van der Waals surface area contributed by atoms with Gasteiger partial charge in [-0.15, -0.1) is 0 Å². The van der Waals surface area contributed by atoms with E-state index in [1.54, 1.807) is 12.1 Å². The lowest BCUT2D eigenvalue weighted by Gasteiger charge is -2.48. The Bertz CT molecular complexity index is 1340. The predicted octanol–water partition coefficient (Wildman–Crippen LogP) is 4.50. The maximum atomic E-state index is 12.5. The Morgan fingerprint density at radius 2 is 1.16 bits per heavy atom. The molecule has 0 aliphatic heterocycles. The summed E-state index contributed by atoms with van der Waals surface area (Å²) in [7, 11) is 0. The molecule has 0 N–H and O–H groups in total. The van der Waals surface area contributed by atoms with Crippen molar-refractivity contribution in [3.8, 4) is 0 Å². The molecule has 1 aliphatic rings. The number of hydrogen-bond donors (Lipinski definition) is 0. The Balaban J connectivity index is 2.22. The van der Waals surface area contributed by atoms with Crippen molar-refractivity contribution < 1.29 is 47.7 Å². The number of carbonyl (C=O) groups is 5. The van der Waals surface area contributed by atoms with Crippen LogP contribution in [0.2, 0.25) is 5.02 Å². The normalized spacial score (nSPS) is 23.0. The summed E-state index contributed by atoms with van der Waals surface area (Å²) in [5, 5.41) is 0.484. The summed E-state index contributed by atoms with van der Waals surface area (Å²) in [6, 6.07) is 13.3. The van der Waals surface area contributed by atoms with Crippen LogP contribution in [0.4, 0.5) is 0 Å². The zero-order valence-electron chi connectivity index (χ0n) is 25.1. The van der Waals surface area contributed by atoms with Gasteiger partial charge in [0.2, 0.25) is 0 Å². The van der Waals surface area contributed by atoms with Crippen molar-refractivity contribution >= 4 is 41.4 Å². The van der Waals surface area contributed by atoms with Gasteiger partial charge in [-0.05, 0) is 41.2 Å². The summed E-state index contributed by atoms with van der Waals surface area (Å²) in [4.78, 5) is 61.3. The van der Waals surface area contributed by atoms with Crippen molar-refractivity contribution in [2.24, 2.45) is 5.92 Å². The van der Waals surface area contributed by atoms with Crippen LogP contribution < -0.4 is 0 Å². The highest BCUT2D eigenvalue weighted by atomic mass is 35.5. The molecule has 2 aromatic carbocycles. The molecule has 1 unspecified atom stereocenters. The number of rotatable bonds is 10. The van der Waals surface area contributed by atoms with Gasteiger partial charge in [-0.2, -0.15) is 0 Å². The van der Waals surface area contributed by atoms with Crippen LogP contribution in [0.15, 0.2) is 42.5 Å². The summed E-state index contributed by atoms with van der Waals surface area (Å²) in [5.74, 6) is -5.43. The first-order valence-corrected chi connectivity index (χ1v) is 14.4. The van der Waals surface area contributed by atoms with Gasteiger partial charge in [0.25, 0.3) is 0 Å². The first-order valence-electron chi connectivity index (χ1n) is 14.0. The minimum atomic E-state index is -1.33. The predicted molar refractivity (Wildman–Crippen MR) is 155 cm³/mol.